The molecule has 4 nitrogen and oxygen atoms in total. The zero-order chi connectivity index (χ0) is 11.7. The smallest absolute Gasteiger partial charge is 0.216 e. The third-order valence-electron chi connectivity index (χ3n) is 1.41. The van der Waals surface area contributed by atoms with E-state index in [4.69, 9.17) is 0 Å². The number of nitrogens with one attached hydrogen (secondary N) is 1. The monoisotopic (exact) mass is 229 g/mol. The van der Waals surface area contributed by atoms with Gasteiger partial charge in [-0.1, -0.05) is 17.8 Å². The third-order valence-corrected chi connectivity index (χ3v) is 2.28. The van der Waals surface area contributed by atoms with E-state index in [1.807, 2.05) is 0 Å². The predicted octanol–water partition coefficient (Wildman–Crippen LogP) is 0.918. The fourth-order valence-corrected chi connectivity index (χ4v) is 1.51. The molecular formula is C10H15NO3S. The normalized spacial score (nSPS) is 10.3. The van der Waals surface area contributed by atoms with E-state index >= 15 is 0 Å². The van der Waals surface area contributed by atoms with E-state index in [1.165, 1.54) is 13.0 Å². The second kappa shape index (κ2) is 8.23. The van der Waals surface area contributed by atoms with Crippen LogP contribution in [0, 0.1) is 0 Å². The maximum atomic E-state index is 11.2. The highest BCUT2D eigenvalue weighted by Crippen LogP contribution is 2.05. The van der Waals surface area contributed by atoms with Crippen molar-refractivity contribution < 1.29 is 14.4 Å². The van der Waals surface area contributed by atoms with Gasteiger partial charge in [-0.2, -0.15) is 0 Å². The number of carbonyl (C=O) groups is 3. The molecule has 0 aliphatic rings. The molecular weight excluding hydrogens is 214 g/mol. The zero-order valence-electron chi connectivity index (χ0n) is 8.91. The average molecular weight is 229 g/mol. The molecule has 84 valence electrons. The van der Waals surface area contributed by atoms with Crippen molar-refractivity contribution >= 4 is 28.6 Å². The van der Waals surface area contributed by atoms with Crippen LogP contribution >= 0.6 is 11.8 Å². The van der Waals surface area contributed by atoms with Crippen molar-refractivity contribution in [1.29, 1.82) is 0 Å². The van der Waals surface area contributed by atoms with Crippen LogP contribution < -0.4 is 5.32 Å². The summed E-state index contributed by atoms with van der Waals surface area (Å²) in [7, 11) is 0. The van der Waals surface area contributed by atoms with E-state index < -0.39 is 0 Å². The zero-order valence-corrected chi connectivity index (χ0v) is 9.73. The minimum Gasteiger partial charge on any atom is -0.356 e. The van der Waals surface area contributed by atoms with Crippen LogP contribution in [0.2, 0.25) is 0 Å². The minimum absolute atomic E-state index is 0.0743. The summed E-state index contributed by atoms with van der Waals surface area (Å²) in [4.78, 5) is 32.7. The SMILES string of the molecule is C/C=C/C(=O)CC(=O)SCCNC(C)=O. The third kappa shape index (κ3) is 9.21. The lowest BCUT2D eigenvalue weighted by Gasteiger charge is -2.00. The first kappa shape index (κ1) is 13.9. The van der Waals surface area contributed by atoms with Gasteiger partial charge in [0.2, 0.25) is 5.91 Å². The van der Waals surface area contributed by atoms with Gasteiger partial charge in [0.25, 0.3) is 0 Å². The summed E-state index contributed by atoms with van der Waals surface area (Å²) in [6, 6.07) is 0. The molecule has 0 rings (SSSR count). The van der Waals surface area contributed by atoms with Gasteiger partial charge in [0.1, 0.15) is 0 Å². The van der Waals surface area contributed by atoms with Gasteiger partial charge in [0.15, 0.2) is 10.9 Å². The Labute approximate surface area is 93.5 Å². The Hall–Kier alpha value is -1.10. The lowest BCUT2D eigenvalue weighted by molar-refractivity contribution is -0.120. The summed E-state index contributed by atoms with van der Waals surface area (Å²) in [5.41, 5.74) is 0. The van der Waals surface area contributed by atoms with E-state index in [2.05, 4.69) is 5.32 Å². The summed E-state index contributed by atoms with van der Waals surface area (Å²) in [5.74, 6) is 0.198. The highest BCUT2D eigenvalue weighted by atomic mass is 32.2. The van der Waals surface area contributed by atoms with E-state index in [9.17, 15) is 14.4 Å². The molecule has 0 aliphatic carbocycles. The van der Waals surface area contributed by atoms with Crippen molar-refractivity contribution in [2.45, 2.75) is 20.3 Å². The van der Waals surface area contributed by atoms with Crippen molar-refractivity contribution in [3.05, 3.63) is 12.2 Å². The summed E-state index contributed by atoms with van der Waals surface area (Å²) < 4.78 is 0. The predicted molar refractivity (Wildman–Crippen MR) is 60.6 cm³/mol. The molecule has 0 aromatic carbocycles. The maximum Gasteiger partial charge on any atom is 0.216 e. The van der Waals surface area contributed by atoms with Gasteiger partial charge in [-0.25, -0.2) is 0 Å². The molecule has 5 heteroatoms. The van der Waals surface area contributed by atoms with Gasteiger partial charge < -0.3 is 5.32 Å². The lowest BCUT2D eigenvalue weighted by atomic mass is 10.3. The number of ketones is 1. The van der Waals surface area contributed by atoms with E-state index in [0.717, 1.165) is 11.8 Å². The van der Waals surface area contributed by atoms with Gasteiger partial charge in [-0.15, -0.1) is 0 Å². The first-order chi connectivity index (χ1) is 7.06. The fourth-order valence-electron chi connectivity index (χ4n) is 0.830. The van der Waals surface area contributed by atoms with Crippen LogP contribution in [0.5, 0.6) is 0 Å². The van der Waals surface area contributed by atoms with Gasteiger partial charge in [0, 0.05) is 19.2 Å². The molecule has 0 heterocycles. The standard InChI is InChI=1S/C10H15NO3S/c1-3-4-9(13)7-10(14)15-6-5-11-8(2)12/h3-4H,5-7H2,1-2H3,(H,11,12)/b4-3+. The fraction of sp³-hybridized carbons (Fsp3) is 0.500. The van der Waals surface area contributed by atoms with Gasteiger partial charge >= 0.3 is 0 Å². The molecule has 15 heavy (non-hydrogen) atoms. The summed E-state index contributed by atoms with van der Waals surface area (Å²) >= 11 is 1.06. The second-order valence-corrected chi connectivity index (χ2v) is 4.00. The Kier molecular flexibility index (Phi) is 7.62. The van der Waals surface area contributed by atoms with Gasteiger partial charge in [-0.3, -0.25) is 14.4 Å². The van der Waals surface area contributed by atoms with E-state index in [-0.39, 0.29) is 23.2 Å². The Bertz CT molecular complexity index is 274. The van der Waals surface area contributed by atoms with Crippen molar-refractivity contribution in [1.82, 2.24) is 5.32 Å². The summed E-state index contributed by atoms with van der Waals surface area (Å²) in [5, 5.41) is 2.40. The number of carbonyl (C=O) groups excluding carboxylic acids is 3. The minimum atomic E-state index is -0.186. The van der Waals surface area contributed by atoms with Crippen molar-refractivity contribution in [3.8, 4) is 0 Å². The van der Waals surface area contributed by atoms with Crippen molar-refractivity contribution in [2.24, 2.45) is 0 Å². The van der Waals surface area contributed by atoms with Gasteiger partial charge in [0.05, 0.1) is 6.42 Å². The molecule has 0 spiro atoms. The molecule has 1 N–H and O–H groups in total. The van der Waals surface area contributed by atoms with Crippen molar-refractivity contribution in [3.63, 3.8) is 0 Å². The van der Waals surface area contributed by atoms with Crippen LogP contribution in [-0.4, -0.2) is 29.1 Å². The summed E-state index contributed by atoms with van der Waals surface area (Å²) in [6.45, 7) is 3.60. The molecule has 0 saturated heterocycles. The highest BCUT2D eigenvalue weighted by Gasteiger charge is 2.06. The molecule has 0 unspecified atom stereocenters. The Morgan fingerprint density at radius 1 is 1.33 bits per heavy atom. The molecule has 0 fully saturated rings. The molecule has 0 aromatic heterocycles. The molecule has 0 atom stereocenters. The van der Waals surface area contributed by atoms with Crippen LogP contribution in [0.4, 0.5) is 0 Å². The van der Waals surface area contributed by atoms with Crippen molar-refractivity contribution in [2.75, 3.05) is 12.3 Å². The number of rotatable bonds is 6. The number of thioether (sulfide) groups is 1. The van der Waals surface area contributed by atoms with Crippen LogP contribution in [-0.2, 0) is 14.4 Å². The number of hydrogen-bond acceptors (Lipinski definition) is 4. The quantitative estimate of drug-likeness (QED) is 0.418. The van der Waals surface area contributed by atoms with Crippen LogP contribution in [0.25, 0.3) is 0 Å². The number of amides is 1. The first-order valence-electron chi connectivity index (χ1n) is 4.62. The maximum absolute atomic E-state index is 11.2. The van der Waals surface area contributed by atoms with E-state index in [1.54, 1.807) is 13.0 Å². The van der Waals surface area contributed by atoms with Gasteiger partial charge in [-0.05, 0) is 13.0 Å². The average Bonchev–Trinajstić information content (AvgIpc) is 2.12. The number of allylic oxidation sites excluding steroid dienone is 2. The van der Waals surface area contributed by atoms with Crippen LogP contribution in [0.15, 0.2) is 12.2 Å². The Morgan fingerprint density at radius 2 is 2.00 bits per heavy atom. The molecule has 0 aliphatic heterocycles. The topological polar surface area (TPSA) is 63.2 Å². The van der Waals surface area contributed by atoms with E-state index in [0.29, 0.717) is 12.3 Å². The Balaban J connectivity index is 3.58. The largest absolute Gasteiger partial charge is 0.356 e. The van der Waals surface area contributed by atoms with Crippen LogP contribution in [0.1, 0.15) is 20.3 Å². The number of hydrogen-bond donors (Lipinski definition) is 1. The molecule has 0 aromatic rings. The summed E-state index contributed by atoms with van der Waals surface area (Å²) in [6.07, 6.45) is 2.92. The highest BCUT2D eigenvalue weighted by molar-refractivity contribution is 8.13. The molecule has 0 radical (unpaired) electrons. The molecule has 1 amide bonds. The van der Waals surface area contributed by atoms with Crippen LogP contribution in [0.3, 0.4) is 0 Å². The molecule has 0 saturated carbocycles. The second-order valence-electron chi connectivity index (χ2n) is 2.85. The lowest BCUT2D eigenvalue weighted by Crippen LogP contribution is -2.22. The Morgan fingerprint density at radius 3 is 2.53 bits per heavy atom. The molecule has 0 bridgehead atoms. The first-order valence-corrected chi connectivity index (χ1v) is 5.60.